The maximum atomic E-state index is 9.47. The molecule has 17 heavy (non-hydrogen) atoms. The van der Waals surface area contributed by atoms with Crippen LogP contribution in [-0.2, 0) is 6.42 Å². The highest BCUT2D eigenvalue weighted by molar-refractivity contribution is 5.53. The predicted octanol–water partition coefficient (Wildman–Crippen LogP) is 0.686. The molecule has 6 nitrogen and oxygen atoms in total. The Morgan fingerprint density at radius 3 is 3.06 bits per heavy atom. The standard InChI is InChI=1S/C11H14N4O2/c1-2-7-4-3-5-13-9(7)10-14-11(17-15-10)8(16)6-12/h3-5,8,16H,2,6,12H2,1H3. The van der Waals surface area contributed by atoms with Gasteiger partial charge in [-0.1, -0.05) is 18.1 Å². The Morgan fingerprint density at radius 1 is 1.53 bits per heavy atom. The van der Waals surface area contributed by atoms with Crippen molar-refractivity contribution in [1.29, 1.82) is 0 Å². The van der Waals surface area contributed by atoms with Gasteiger partial charge in [-0.05, 0) is 18.1 Å². The van der Waals surface area contributed by atoms with Crippen molar-refractivity contribution in [1.82, 2.24) is 15.1 Å². The molecule has 1 unspecified atom stereocenters. The fourth-order valence-electron chi connectivity index (χ4n) is 1.49. The Balaban J connectivity index is 2.37. The SMILES string of the molecule is CCc1cccnc1-c1noc(C(O)CN)n1. The molecule has 0 spiro atoms. The number of hydrogen-bond acceptors (Lipinski definition) is 6. The Bertz CT molecular complexity index is 498. The van der Waals surface area contributed by atoms with E-state index in [0.29, 0.717) is 11.5 Å². The molecule has 2 heterocycles. The summed E-state index contributed by atoms with van der Waals surface area (Å²) in [6.07, 6.45) is 1.57. The molecule has 0 radical (unpaired) electrons. The lowest BCUT2D eigenvalue weighted by molar-refractivity contribution is 0.141. The highest BCUT2D eigenvalue weighted by Gasteiger charge is 2.17. The minimum Gasteiger partial charge on any atom is -0.382 e. The van der Waals surface area contributed by atoms with Gasteiger partial charge >= 0.3 is 0 Å². The van der Waals surface area contributed by atoms with Crippen molar-refractivity contribution in [3.8, 4) is 11.5 Å². The van der Waals surface area contributed by atoms with Gasteiger partial charge in [-0.25, -0.2) is 0 Å². The van der Waals surface area contributed by atoms with Crippen LogP contribution < -0.4 is 5.73 Å². The number of nitrogens with two attached hydrogens (primary N) is 1. The first kappa shape index (κ1) is 11.7. The summed E-state index contributed by atoms with van der Waals surface area (Å²) in [6, 6.07) is 3.82. The van der Waals surface area contributed by atoms with Crippen molar-refractivity contribution in [2.45, 2.75) is 19.4 Å². The van der Waals surface area contributed by atoms with Crippen LogP contribution in [0.15, 0.2) is 22.9 Å². The minimum atomic E-state index is -0.926. The van der Waals surface area contributed by atoms with E-state index in [0.717, 1.165) is 12.0 Å². The van der Waals surface area contributed by atoms with E-state index in [2.05, 4.69) is 15.1 Å². The van der Waals surface area contributed by atoms with Gasteiger partial charge in [-0.15, -0.1) is 0 Å². The number of aliphatic hydroxyl groups excluding tert-OH is 1. The summed E-state index contributed by atoms with van der Waals surface area (Å²) < 4.78 is 4.94. The van der Waals surface area contributed by atoms with E-state index < -0.39 is 6.10 Å². The summed E-state index contributed by atoms with van der Waals surface area (Å²) in [5, 5.41) is 13.3. The van der Waals surface area contributed by atoms with Gasteiger partial charge in [0.1, 0.15) is 11.8 Å². The Kier molecular flexibility index (Phi) is 3.46. The van der Waals surface area contributed by atoms with Crippen molar-refractivity contribution in [2.24, 2.45) is 5.73 Å². The molecule has 2 rings (SSSR count). The lowest BCUT2D eigenvalue weighted by Crippen LogP contribution is -2.11. The third-order valence-corrected chi connectivity index (χ3v) is 2.43. The zero-order chi connectivity index (χ0) is 12.3. The van der Waals surface area contributed by atoms with Crippen LogP contribution in [0, 0.1) is 0 Å². The molecule has 0 bridgehead atoms. The molecule has 90 valence electrons. The van der Waals surface area contributed by atoms with Crippen LogP contribution in [0.2, 0.25) is 0 Å². The van der Waals surface area contributed by atoms with Crippen LogP contribution in [-0.4, -0.2) is 26.8 Å². The molecule has 2 aromatic heterocycles. The lowest BCUT2D eigenvalue weighted by atomic mass is 10.1. The zero-order valence-electron chi connectivity index (χ0n) is 9.50. The van der Waals surface area contributed by atoms with Gasteiger partial charge in [0, 0.05) is 12.7 Å². The number of pyridine rings is 1. The molecule has 0 aromatic carbocycles. The van der Waals surface area contributed by atoms with Crippen molar-refractivity contribution in [2.75, 3.05) is 6.54 Å². The smallest absolute Gasteiger partial charge is 0.257 e. The van der Waals surface area contributed by atoms with Gasteiger partial charge in [-0.2, -0.15) is 4.98 Å². The van der Waals surface area contributed by atoms with Crippen LogP contribution in [0.1, 0.15) is 24.5 Å². The van der Waals surface area contributed by atoms with Gasteiger partial charge in [0.25, 0.3) is 5.89 Å². The van der Waals surface area contributed by atoms with Crippen molar-refractivity contribution < 1.29 is 9.63 Å². The topological polar surface area (TPSA) is 98.1 Å². The van der Waals surface area contributed by atoms with Crippen molar-refractivity contribution in [3.63, 3.8) is 0 Å². The van der Waals surface area contributed by atoms with Gasteiger partial charge in [0.15, 0.2) is 0 Å². The van der Waals surface area contributed by atoms with E-state index in [4.69, 9.17) is 10.3 Å². The van der Waals surface area contributed by atoms with E-state index >= 15 is 0 Å². The highest BCUT2D eigenvalue weighted by atomic mass is 16.5. The van der Waals surface area contributed by atoms with E-state index in [1.165, 1.54) is 0 Å². The third-order valence-electron chi connectivity index (χ3n) is 2.43. The summed E-state index contributed by atoms with van der Waals surface area (Å²) in [5.74, 6) is 0.500. The quantitative estimate of drug-likeness (QED) is 0.807. The zero-order valence-corrected chi connectivity index (χ0v) is 9.50. The first-order valence-corrected chi connectivity index (χ1v) is 5.42. The van der Waals surface area contributed by atoms with Crippen LogP contribution in [0.4, 0.5) is 0 Å². The number of aryl methyl sites for hydroxylation is 1. The second-order valence-corrected chi connectivity index (χ2v) is 3.57. The van der Waals surface area contributed by atoms with Gasteiger partial charge in [-0.3, -0.25) is 4.98 Å². The molecular weight excluding hydrogens is 220 g/mol. The maximum absolute atomic E-state index is 9.47. The number of rotatable bonds is 4. The summed E-state index contributed by atoms with van der Waals surface area (Å²) >= 11 is 0. The molecule has 1 atom stereocenters. The van der Waals surface area contributed by atoms with Crippen molar-refractivity contribution >= 4 is 0 Å². The average Bonchev–Trinajstić information content (AvgIpc) is 2.87. The lowest BCUT2D eigenvalue weighted by Gasteiger charge is -2.01. The largest absolute Gasteiger partial charge is 0.382 e. The van der Waals surface area contributed by atoms with Gasteiger partial charge in [0.2, 0.25) is 5.82 Å². The fraction of sp³-hybridized carbons (Fsp3) is 0.364. The van der Waals surface area contributed by atoms with Gasteiger partial charge < -0.3 is 15.4 Å². The summed E-state index contributed by atoms with van der Waals surface area (Å²) in [5.41, 5.74) is 7.02. The normalized spacial score (nSPS) is 12.6. The molecule has 0 aliphatic carbocycles. The summed E-state index contributed by atoms with van der Waals surface area (Å²) in [7, 11) is 0. The maximum Gasteiger partial charge on any atom is 0.257 e. The first-order valence-electron chi connectivity index (χ1n) is 5.42. The van der Waals surface area contributed by atoms with Crippen molar-refractivity contribution in [3.05, 3.63) is 29.8 Å². The molecular formula is C11H14N4O2. The minimum absolute atomic E-state index is 0.0461. The van der Waals surface area contributed by atoms with E-state index in [-0.39, 0.29) is 12.4 Å². The number of aromatic nitrogens is 3. The Labute approximate surface area is 98.5 Å². The monoisotopic (exact) mass is 234 g/mol. The number of nitrogens with zero attached hydrogens (tertiary/aromatic N) is 3. The molecule has 0 aliphatic heterocycles. The second-order valence-electron chi connectivity index (χ2n) is 3.57. The van der Waals surface area contributed by atoms with E-state index in [9.17, 15) is 5.11 Å². The first-order chi connectivity index (χ1) is 8.26. The summed E-state index contributed by atoms with van der Waals surface area (Å²) in [4.78, 5) is 8.31. The van der Waals surface area contributed by atoms with E-state index in [1.54, 1.807) is 6.20 Å². The molecule has 3 N–H and O–H groups in total. The molecule has 0 saturated heterocycles. The number of aliphatic hydroxyl groups is 1. The summed E-state index contributed by atoms with van der Waals surface area (Å²) in [6.45, 7) is 2.07. The third kappa shape index (κ3) is 2.32. The molecule has 0 amide bonds. The Hall–Kier alpha value is -1.79. The molecule has 0 saturated carbocycles. The fourth-order valence-corrected chi connectivity index (χ4v) is 1.49. The van der Waals surface area contributed by atoms with Crippen LogP contribution >= 0.6 is 0 Å². The molecule has 0 fully saturated rings. The Morgan fingerprint density at radius 2 is 2.35 bits per heavy atom. The predicted molar refractivity (Wildman–Crippen MR) is 60.9 cm³/mol. The van der Waals surface area contributed by atoms with Crippen LogP contribution in [0.5, 0.6) is 0 Å². The highest BCUT2D eigenvalue weighted by Crippen LogP contribution is 2.20. The van der Waals surface area contributed by atoms with Crippen LogP contribution in [0.3, 0.4) is 0 Å². The molecule has 6 heteroatoms. The van der Waals surface area contributed by atoms with E-state index in [1.807, 2.05) is 19.1 Å². The second kappa shape index (κ2) is 5.03. The molecule has 0 aliphatic rings. The van der Waals surface area contributed by atoms with Crippen LogP contribution in [0.25, 0.3) is 11.5 Å². The molecule has 2 aromatic rings. The van der Waals surface area contributed by atoms with Gasteiger partial charge in [0.05, 0.1) is 0 Å². The average molecular weight is 234 g/mol. The number of hydrogen-bond donors (Lipinski definition) is 2.